The van der Waals surface area contributed by atoms with Crippen molar-refractivity contribution in [2.45, 2.75) is 20.3 Å². The summed E-state index contributed by atoms with van der Waals surface area (Å²) in [5.41, 5.74) is 2.11. The van der Waals surface area contributed by atoms with E-state index in [-0.39, 0.29) is 11.0 Å². The van der Waals surface area contributed by atoms with Crippen LogP contribution in [-0.2, 0) is 0 Å². The van der Waals surface area contributed by atoms with E-state index in [1.807, 2.05) is 36.4 Å². The van der Waals surface area contributed by atoms with Crippen LogP contribution in [0.1, 0.15) is 41.0 Å². The van der Waals surface area contributed by atoms with E-state index in [4.69, 9.17) is 17.0 Å². The van der Waals surface area contributed by atoms with Crippen molar-refractivity contribution in [3.8, 4) is 5.75 Å². The predicted molar refractivity (Wildman–Crippen MR) is 144 cm³/mol. The van der Waals surface area contributed by atoms with Crippen molar-refractivity contribution in [1.82, 2.24) is 5.32 Å². The molecular weight excluding hydrogens is 514 g/mol. The first-order valence-electron chi connectivity index (χ1n) is 10.8. The number of nitrogens with one attached hydrogen (secondary N) is 3. The quantitative estimate of drug-likeness (QED) is 0.294. The number of rotatable bonds is 8. The van der Waals surface area contributed by atoms with Crippen LogP contribution in [0.5, 0.6) is 5.75 Å². The Hall–Kier alpha value is -3.23. The van der Waals surface area contributed by atoms with Gasteiger partial charge in [0, 0.05) is 21.4 Å². The van der Waals surface area contributed by atoms with Crippen molar-refractivity contribution >= 4 is 56.4 Å². The van der Waals surface area contributed by atoms with Crippen LogP contribution in [0.15, 0.2) is 77.3 Å². The topological polar surface area (TPSA) is 79.5 Å². The number of hydrogen-bond donors (Lipinski definition) is 3. The van der Waals surface area contributed by atoms with Crippen LogP contribution in [-0.4, -0.2) is 23.5 Å². The zero-order valence-electron chi connectivity index (χ0n) is 18.9. The fourth-order valence-corrected chi connectivity index (χ4v) is 3.58. The van der Waals surface area contributed by atoms with Gasteiger partial charge in [0.1, 0.15) is 5.75 Å². The van der Waals surface area contributed by atoms with Gasteiger partial charge in [0.2, 0.25) is 0 Å². The molecule has 0 fully saturated rings. The van der Waals surface area contributed by atoms with Crippen LogP contribution < -0.4 is 20.7 Å². The maximum Gasteiger partial charge on any atom is 0.261 e. The largest absolute Gasteiger partial charge is 0.493 e. The van der Waals surface area contributed by atoms with Gasteiger partial charge in [-0.05, 0) is 73.1 Å². The van der Waals surface area contributed by atoms with E-state index in [0.717, 1.165) is 10.9 Å². The lowest BCUT2D eigenvalue weighted by molar-refractivity contribution is 0.0972. The molecule has 8 heteroatoms. The summed E-state index contributed by atoms with van der Waals surface area (Å²) in [6, 6.07) is 21.3. The van der Waals surface area contributed by atoms with Crippen molar-refractivity contribution in [2.75, 3.05) is 17.2 Å². The molecule has 0 heterocycles. The summed E-state index contributed by atoms with van der Waals surface area (Å²) in [4.78, 5) is 25.4. The monoisotopic (exact) mass is 539 g/mol. The summed E-state index contributed by atoms with van der Waals surface area (Å²) in [6.07, 6.45) is 0.880. The molecule has 3 rings (SSSR count). The Morgan fingerprint density at radius 2 is 1.65 bits per heavy atom. The van der Waals surface area contributed by atoms with Gasteiger partial charge in [0.15, 0.2) is 5.11 Å². The average molecular weight is 540 g/mol. The van der Waals surface area contributed by atoms with E-state index in [9.17, 15) is 9.59 Å². The van der Waals surface area contributed by atoms with Gasteiger partial charge >= 0.3 is 0 Å². The third-order valence-electron chi connectivity index (χ3n) is 4.78. The van der Waals surface area contributed by atoms with Gasteiger partial charge < -0.3 is 15.4 Å². The number of ether oxygens (including phenoxy) is 1. The van der Waals surface area contributed by atoms with Crippen molar-refractivity contribution in [3.05, 3.63) is 88.4 Å². The van der Waals surface area contributed by atoms with E-state index < -0.39 is 5.91 Å². The fraction of sp³-hybridized carbons (Fsp3) is 0.192. The normalized spacial score (nSPS) is 10.5. The van der Waals surface area contributed by atoms with E-state index in [2.05, 4.69) is 45.7 Å². The number of carbonyl (C=O) groups is 2. The molecule has 3 aromatic carbocycles. The van der Waals surface area contributed by atoms with E-state index in [1.165, 1.54) is 0 Å². The number of thiocarbonyl (C=S) groups is 1. The molecule has 0 aliphatic rings. The van der Waals surface area contributed by atoms with Crippen LogP contribution in [0.25, 0.3) is 0 Å². The molecule has 176 valence electrons. The number of halogens is 1. The molecule has 0 spiro atoms. The van der Waals surface area contributed by atoms with Gasteiger partial charge in [-0.1, -0.05) is 54.0 Å². The first-order valence-corrected chi connectivity index (χ1v) is 12.0. The van der Waals surface area contributed by atoms with Crippen LogP contribution >= 0.6 is 28.1 Å². The molecule has 0 saturated heterocycles. The number of hydrogen-bond acceptors (Lipinski definition) is 4. The molecule has 0 atom stereocenters. The third-order valence-corrected chi connectivity index (χ3v) is 5.48. The number of anilines is 2. The minimum Gasteiger partial charge on any atom is -0.493 e. The van der Waals surface area contributed by atoms with E-state index in [1.54, 1.807) is 36.4 Å². The summed E-state index contributed by atoms with van der Waals surface area (Å²) >= 11 is 8.73. The SMILES string of the molecule is CC(C)CCOc1ccc(Br)cc1C(=O)NC(=S)Nc1cccc(C(=O)Nc2ccccc2)c1. The zero-order chi connectivity index (χ0) is 24.5. The average Bonchev–Trinajstić information content (AvgIpc) is 2.80. The Labute approximate surface area is 213 Å². The number of para-hydroxylation sites is 1. The van der Waals surface area contributed by atoms with Gasteiger partial charge in [0.25, 0.3) is 11.8 Å². The van der Waals surface area contributed by atoms with Crippen LogP contribution in [0.2, 0.25) is 0 Å². The van der Waals surface area contributed by atoms with Crippen molar-refractivity contribution in [3.63, 3.8) is 0 Å². The molecule has 2 amide bonds. The highest BCUT2D eigenvalue weighted by Gasteiger charge is 2.16. The highest BCUT2D eigenvalue weighted by molar-refractivity contribution is 9.10. The first-order chi connectivity index (χ1) is 16.3. The molecule has 0 bridgehead atoms. The maximum atomic E-state index is 12.9. The van der Waals surface area contributed by atoms with Gasteiger partial charge in [-0.15, -0.1) is 0 Å². The Morgan fingerprint density at radius 1 is 0.912 bits per heavy atom. The summed E-state index contributed by atoms with van der Waals surface area (Å²) < 4.78 is 6.58. The van der Waals surface area contributed by atoms with Crippen molar-refractivity contribution < 1.29 is 14.3 Å². The molecule has 0 aliphatic carbocycles. The lowest BCUT2D eigenvalue weighted by atomic mass is 10.1. The lowest BCUT2D eigenvalue weighted by Gasteiger charge is -2.14. The molecule has 34 heavy (non-hydrogen) atoms. The Bertz CT molecular complexity index is 1170. The second-order valence-electron chi connectivity index (χ2n) is 7.98. The van der Waals surface area contributed by atoms with Gasteiger partial charge in [-0.3, -0.25) is 14.9 Å². The second-order valence-corrected chi connectivity index (χ2v) is 9.30. The molecular formula is C26H26BrN3O3S. The molecule has 0 aliphatic heterocycles. The van der Waals surface area contributed by atoms with Crippen molar-refractivity contribution in [2.24, 2.45) is 5.92 Å². The summed E-state index contributed by atoms with van der Waals surface area (Å²) in [6.45, 7) is 4.74. The summed E-state index contributed by atoms with van der Waals surface area (Å²) in [7, 11) is 0. The fourth-order valence-electron chi connectivity index (χ4n) is 3.01. The van der Waals surface area contributed by atoms with Gasteiger partial charge in [-0.25, -0.2) is 0 Å². The number of amides is 2. The zero-order valence-corrected chi connectivity index (χ0v) is 21.3. The molecule has 0 saturated carbocycles. The third kappa shape index (κ3) is 7.67. The van der Waals surface area contributed by atoms with E-state index in [0.29, 0.717) is 40.8 Å². The van der Waals surface area contributed by atoms with Gasteiger partial charge in [-0.2, -0.15) is 0 Å². The predicted octanol–water partition coefficient (Wildman–Crippen LogP) is 6.25. The molecule has 3 N–H and O–H groups in total. The van der Waals surface area contributed by atoms with Crippen LogP contribution in [0.4, 0.5) is 11.4 Å². The molecule has 0 unspecified atom stereocenters. The smallest absolute Gasteiger partial charge is 0.261 e. The standard InChI is InChI=1S/C26H26BrN3O3S/c1-17(2)13-14-33-23-12-11-19(27)16-22(23)25(32)30-26(34)29-21-10-6-7-18(15-21)24(31)28-20-8-4-3-5-9-20/h3-12,15-17H,13-14H2,1-2H3,(H,28,31)(H2,29,30,32,34). The Morgan fingerprint density at radius 3 is 2.38 bits per heavy atom. The summed E-state index contributed by atoms with van der Waals surface area (Å²) in [5.74, 6) is 0.345. The lowest BCUT2D eigenvalue weighted by Crippen LogP contribution is -2.34. The number of benzene rings is 3. The molecule has 0 aromatic heterocycles. The first kappa shape index (κ1) is 25.4. The van der Waals surface area contributed by atoms with Gasteiger partial charge in [0.05, 0.1) is 12.2 Å². The van der Waals surface area contributed by atoms with Crippen LogP contribution in [0.3, 0.4) is 0 Å². The molecule has 3 aromatic rings. The van der Waals surface area contributed by atoms with Crippen molar-refractivity contribution in [1.29, 1.82) is 0 Å². The van der Waals surface area contributed by atoms with Crippen LogP contribution in [0, 0.1) is 5.92 Å². The highest BCUT2D eigenvalue weighted by atomic mass is 79.9. The Balaban J connectivity index is 1.63. The second kappa shape index (κ2) is 12.3. The maximum absolute atomic E-state index is 12.9. The Kier molecular flexibility index (Phi) is 9.18. The minimum atomic E-state index is -0.392. The summed E-state index contributed by atoms with van der Waals surface area (Å²) in [5, 5.41) is 8.59. The molecule has 0 radical (unpaired) electrons. The molecule has 6 nitrogen and oxygen atoms in total. The minimum absolute atomic E-state index is 0.110. The highest BCUT2D eigenvalue weighted by Crippen LogP contribution is 2.24. The number of carbonyl (C=O) groups excluding carboxylic acids is 2. The van der Waals surface area contributed by atoms with E-state index >= 15 is 0 Å².